The van der Waals surface area contributed by atoms with E-state index >= 15 is 0 Å². The van der Waals surface area contributed by atoms with Gasteiger partial charge in [0.1, 0.15) is 6.04 Å². The molecule has 3 amide bonds. The second-order valence-electron chi connectivity index (χ2n) is 5.86. The van der Waals surface area contributed by atoms with Crippen LogP contribution in [0.3, 0.4) is 0 Å². The molecule has 128 valence electrons. The molecule has 1 N–H and O–H groups in total. The Morgan fingerprint density at radius 2 is 2.04 bits per heavy atom. The van der Waals surface area contributed by atoms with Crippen molar-refractivity contribution in [3.63, 3.8) is 0 Å². The maximum absolute atomic E-state index is 12.5. The van der Waals surface area contributed by atoms with Crippen molar-refractivity contribution in [1.82, 2.24) is 10.2 Å². The molecule has 24 heavy (non-hydrogen) atoms. The molecule has 2 aliphatic rings. The SMILES string of the molecule is CS(=O)(=O)OCc1ccc2c(c1)CN(C1CCC(=O)NC1=O)C2=O. The zero-order chi connectivity index (χ0) is 17.5. The molecule has 0 aromatic heterocycles. The maximum Gasteiger partial charge on any atom is 0.264 e. The number of carbonyl (C=O) groups is 3. The van der Waals surface area contributed by atoms with Crippen LogP contribution in [-0.4, -0.2) is 43.3 Å². The number of hydrogen-bond donors (Lipinski definition) is 1. The van der Waals surface area contributed by atoms with Crippen molar-refractivity contribution in [3.05, 3.63) is 34.9 Å². The average molecular weight is 352 g/mol. The monoisotopic (exact) mass is 352 g/mol. The summed E-state index contributed by atoms with van der Waals surface area (Å²) in [5.74, 6) is -1.07. The van der Waals surface area contributed by atoms with Crippen LogP contribution in [0.4, 0.5) is 0 Å². The Kier molecular flexibility index (Phi) is 4.14. The van der Waals surface area contributed by atoms with Gasteiger partial charge in [0.2, 0.25) is 11.8 Å². The normalized spacial score (nSPS) is 21.0. The topological polar surface area (TPSA) is 110 Å². The van der Waals surface area contributed by atoms with Crippen molar-refractivity contribution in [1.29, 1.82) is 0 Å². The first-order chi connectivity index (χ1) is 11.2. The molecule has 8 nitrogen and oxygen atoms in total. The lowest BCUT2D eigenvalue weighted by Gasteiger charge is -2.29. The molecule has 1 atom stereocenters. The highest BCUT2D eigenvalue weighted by molar-refractivity contribution is 7.85. The molecule has 1 fully saturated rings. The van der Waals surface area contributed by atoms with Crippen molar-refractivity contribution >= 4 is 27.8 Å². The summed E-state index contributed by atoms with van der Waals surface area (Å²) in [6.07, 6.45) is 1.47. The van der Waals surface area contributed by atoms with E-state index in [1.807, 2.05) is 0 Å². The summed E-state index contributed by atoms with van der Waals surface area (Å²) in [5, 5.41) is 2.24. The molecule has 0 spiro atoms. The number of piperidine rings is 1. The van der Waals surface area contributed by atoms with Gasteiger partial charge in [0, 0.05) is 18.5 Å². The number of hydrogen-bond acceptors (Lipinski definition) is 6. The van der Waals surface area contributed by atoms with Gasteiger partial charge in [-0.15, -0.1) is 0 Å². The Labute approximate surface area is 138 Å². The van der Waals surface area contributed by atoms with Gasteiger partial charge in [-0.05, 0) is 23.6 Å². The highest BCUT2D eigenvalue weighted by Crippen LogP contribution is 2.28. The van der Waals surface area contributed by atoms with E-state index < -0.39 is 22.1 Å². The Bertz CT molecular complexity index is 832. The van der Waals surface area contributed by atoms with Gasteiger partial charge in [-0.3, -0.25) is 23.9 Å². The lowest BCUT2D eigenvalue weighted by Crippen LogP contribution is -2.52. The molecule has 0 radical (unpaired) electrons. The zero-order valence-electron chi connectivity index (χ0n) is 12.9. The zero-order valence-corrected chi connectivity index (χ0v) is 13.8. The second kappa shape index (κ2) is 5.99. The Morgan fingerprint density at radius 3 is 2.71 bits per heavy atom. The van der Waals surface area contributed by atoms with Gasteiger partial charge in [-0.2, -0.15) is 8.42 Å². The van der Waals surface area contributed by atoms with Gasteiger partial charge >= 0.3 is 0 Å². The lowest BCUT2D eigenvalue weighted by atomic mass is 10.0. The first-order valence-corrected chi connectivity index (χ1v) is 9.17. The lowest BCUT2D eigenvalue weighted by molar-refractivity contribution is -0.136. The van der Waals surface area contributed by atoms with Gasteiger partial charge in [0.15, 0.2) is 0 Å². The molecule has 0 aliphatic carbocycles. The molecule has 2 aliphatic heterocycles. The fourth-order valence-corrected chi connectivity index (χ4v) is 3.24. The van der Waals surface area contributed by atoms with E-state index in [9.17, 15) is 22.8 Å². The van der Waals surface area contributed by atoms with E-state index in [1.54, 1.807) is 18.2 Å². The summed E-state index contributed by atoms with van der Waals surface area (Å²) in [6.45, 7) is 0.131. The third-order valence-electron chi connectivity index (χ3n) is 4.03. The molecular weight excluding hydrogens is 336 g/mol. The molecule has 0 bridgehead atoms. The largest absolute Gasteiger partial charge is 0.322 e. The molecule has 1 saturated heterocycles. The maximum atomic E-state index is 12.5. The summed E-state index contributed by atoms with van der Waals surface area (Å²) in [5.41, 5.74) is 1.80. The van der Waals surface area contributed by atoms with Gasteiger partial charge in [-0.1, -0.05) is 12.1 Å². The summed E-state index contributed by atoms with van der Waals surface area (Å²) in [7, 11) is -3.55. The van der Waals surface area contributed by atoms with E-state index in [4.69, 9.17) is 4.18 Å². The number of amides is 3. The molecular formula is C15H16N2O6S. The minimum absolute atomic E-state index is 0.112. The van der Waals surface area contributed by atoms with Crippen LogP contribution < -0.4 is 5.32 Å². The number of rotatable bonds is 4. The average Bonchev–Trinajstić information content (AvgIpc) is 2.81. The smallest absolute Gasteiger partial charge is 0.264 e. The van der Waals surface area contributed by atoms with E-state index in [0.29, 0.717) is 23.1 Å². The first kappa shape index (κ1) is 16.6. The summed E-state index contributed by atoms with van der Waals surface area (Å²) in [6, 6.07) is 4.25. The third kappa shape index (κ3) is 3.31. The Morgan fingerprint density at radius 1 is 1.29 bits per heavy atom. The number of imide groups is 1. The molecule has 9 heteroatoms. The van der Waals surface area contributed by atoms with Crippen LogP contribution in [0, 0.1) is 0 Å². The van der Waals surface area contributed by atoms with Crippen LogP contribution in [-0.2, 0) is 37.0 Å². The molecule has 2 heterocycles. The predicted octanol–water partition coefficient (Wildman–Crippen LogP) is -0.0762. The fourth-order valence-electron chi connectivity index (χ4n) is 2.89. The van der Waals surface area contributed by atoms with Crippen molar-refractivity contribution in [3.8, 4) is 0 Å². The number of nitrogens with one attached hydrogen (secondary N) is 1. The van der Waals surface area contributed by atoms with Crippen molar-refractivity contribution in [2.75, 3.05) is 6.26 Å². The number of carbonyl (C=O) groups excluding carboxylic acids is 3. The van der Waals surface area contributed by atoms with Crippen molar-refractivity contribution < 1.29 is 27.0 Å². The molecule has 3 rings (SSSR count). The van der Waals surface area contributed by atoms with Crippen molar-refractivity contribution in [2.45, 2.75) is 32.0 Å². The molecule has 1 aromatic rings. The highest BCUT2D eigenvalue weighted by atomic mass is 32.2. The highest BCUT2D eigenvalue weighted by Gasteiger charge is 2.39. The van der Waals surface area contributed by atoms with Gasteiger partial charge in [0.25, 0.3) is 16.0 Å². The summed E-state index contributed by atoms with van der Waals surface area (Å²) < 4.78 is 26.9. The molecule has 1 aromatic carbocycles. The minimum Gasteiger partial charge on any atom is -0.322 e. The van der Waals surface area contributed by atoms with Crippen LogP contribution in [0.2, 0.25) is 0 Å². The van der Waals surface area contributed by atoms with E-state index in [2.05, 4.69) is 5.32 Å². The first-order valence-electron chi connectivity index (χ1n) is 7.35. The standard InChI is InChI=1S/C15H16N2O6S/c1-24(21,22)23-8-9-2-3-11-10(6-9)7-17(15(11)20)12-4-5-13(18)16-14(12)19/h2-3,6,12H,4-5,7-8H2,1H3,(H,16,18,19). The van der Waals surface area contributed by atoms with Crippen LogP contribution in [0.1, 0.15) is 34.3 Å². The summed E-state index contributed by atoms with van der Waals surface area (Å²) >= 11 is 0. The second-order valence-corrected chi connectivity index (χ2v) is 7.50. The molecule has 1 unspecified atom stereocenters. The van der Waals surface area contributed by atoms with Gasteiger partial charge < -0.3 is 4.90 Å². The Balaban J connectivity index is 1.77. The van der Waals surface area contributed by atoms with Crippen molar-refractivity contribution in [2.24, 2.45) is 0 Å². The Hall–Kier alpha value is -2.26. The van der Waals surface area contributed by atoms with E-state index in [-0.39, 0.29) is 31.4 Å². The van der Waals surface area contributed by atoms with Crippen LogP contribution in [0.5, 0.6) is 0 Å². The van der Waals surface area contributed by atoms with E-state index in [0.717, 1.165) is 6.26 Å². The molecule has 0 saturated carbocycles. The predicted molar refractivity (Wildman–Crippen MR) is 82.1 cm³/mol. The van der Waals surface area contributed by atoms with Crippen LogP contribution in [0.25, 0.3) is 0 Å². The van der Waals surface area contributed by atoms with Crippen LogP contribution >= 0.6 is 0 Å². The summed E-state index contributed by atoms with van der Waals surface area (Å²) in [4.78, 5) is 37.1. The minimum atomic E-state index is -3.55. The number of nitrogens with zero attached hydrogens (tertiary/aromatic N) is 1. The van der Waals surface area contributed by atoms with Crippen LogP contribution in [0.15, 0.2) is 18.2 Å². The number of benzene rings is 1. The fraction of sp³-hybridized carbons (Fsp3) is 0.400. The third-order valence-corrected chi connectivity index (χ3v) is 4.57. The van der Waals surface area contributed by atoms with Gasteiger partial charge in [0.05, 0.1) is 12.9 Å². The number of fused-ring (bicyclic) bond motifs is 1. The van der Waals surface area contributed by atoms with E-state index in [1.165, 1.54) is 4.90 Å². The quantitative estimate of drug-likeness (QED) is 0.600. The van der Waals surface area contributed by atoms with Gasteiger partial charge in [-0.25, -0.2) is 0 Å².